The van der Waals surface area contributed by atoms with Crippen molar-refractivity contribution in [1.29, 1.82) is 0 Å². The molecule has 0 spiro atoms. The van der Waals surface area contributed by atoms with E-state index in [1.165, 1.54) is 0 Å². The molecule has 0 atom stereocenters. The first-order valence-electron chi connectivity index (χ1n) is 4.82. The van der Waals surface area contributed by atoms with Crippen LogP contribution in [0.15, 0.2) is 23.6 Å². The Morgan fingerprint density at radius 2 is 2.07 bits per heavy atom. The van der Waals surface area contributed by atoms with Crippen molar-refractivity contribution in [2.75, 3.05) is 5.32 Å². The molecule has 15 heavy (non-hydrogen) atoms. The Morgan fingerprint density at radius 3 is 2.73 bits per heavy atom. The van der Waals surface area contributed by atoms with Crippen molar-refractivity contribution in [3.05, 3.63) is 40.0 Å². The first-order valence-corrected chi connectivity index (χ1v) is 5.70. The topological polar surface area (TPSA) is 37.8 Å². The van der Waals surface area contributed by atoms with Crippen molar-refractivity contribution in [1.82, 2.24) is 9.97 Å². The Kier molecular flexibility index (Phi) is 2.97. The first-order chi connectivity index (χ1) is 7.24. The Balaban J connectivity index is 1.99. The maximum Gasteiger partial charge on any atom is 0.126 e. The highest BCUT2D eigenvalue weighted by molar-refractivity contribution is 7.09. The molecule has 3 nitrogen and oxygen atoms in total. The number of hydrogen-bond acceptors (Lipinski definition) is 4. The molecule has 0 saturated heterocycles. The second-order valence-corrected chi connectivity index (χ2v) is 4.34. The van der Waals surface area contributed by atoms with E-state index in [1.54, 1.807) is 11.3 Å². The van der Waals surface area contributed by atoms with Crippen molar-refractivity contribution in [3.63, 3.8) is 0 Å². The number of pyridine rings is 1. The molecule has 2 heterocycles. The molecule has 2 aromatic heterocycles. The highest BCUT2D eigenvalue weighted by Crippen LogP contribution is 2.11. The molecule has 0 bridgehead atoms. The number of nitrogens with zero attached hydrogens (tertiary/aromatic N) is 2. The minimum atomic E-state index is 0.745. The van der Waals surface area contributed by atoms with Gasteiger partial charge in [-0.2, -0.15) is 0 Å². The fraction of sp³-hybridized carbons (Fsp3) is 0.273. The van der Waals surface area contributed by atoms with Crippen LogP contribution < -0.4 is 5.32 Å². The molecule has 0 aliphatic carbocycles. The summed E-state index contributed by atoms with van der Waals surface area (Å²) < 4.78 is 0. The van der Waals surface area contributed by atoms with Crippen LogP contribution in [0.1, 0.15) is 16.4 Å². The van der Waals surface area contributed by atoms with Gasteiger partial charge in [-0.05, 0) is 26.0 Å². The average molecular weight is 219 g/mol. The van der Waals surface area contributed by atoms with E-state index in [2.05, 4.69) is 20.7 Å². The summed E-state index contributed by atoms with van der Waals surface area (Å²) in [5.74, 6) is 0.905. The van der Waals surface area contributed by atoms with Gasteiger partial charge >= 0.3 is 0 Å². The smallest absolute Gasteiger partial charge is 0.126 e. The van der Waals surface area contributed by atoms with Gasteiger partial charge in [0, 0.05) is 16.8 Å². The van der Waals surface area contributed by atoms with Crippen LogP contribution in [-0.2, 0) is 6.54 Å². The molecule has 78 valence electrons. The quantitative estimate of drug-likeness (QED) is 0.862. The van der Waals surface area contributed by atoms with Crippen molar-refractivity contribution < 1.29 is 0 Å². The van der Waals surface area contributed by atoms with Gasteiger partial charge in [0.2, 0.25) is 0 Å². The lowest BCUT2D eigenvalue weighted by atomic mass is 10.4. The number of aryl methyl sites for hydroxylation is 2. The van der Waals surface area contributed by atoms with Gasteiger partial charge in [-0.25, -0.2) is 9.97 Å². The van der Waals surface area contributed by atoms with Crippen LogP contribution in [0.3, 0.4) is 0 Å². The third kappa shape index (κ3) is 2.76. The lowest BCUT2D eigenvalue weighted by Crippen LogP contribution is -2.01. The molecule has 0 radical (unpaired) electrons. The standard InChI is InChI=1S/C11H13N3S/c1-8-4-3-5-10(13-8)12-6-11-14-9(2)7-15-11/h3-5,7H,6H2,1-2H3,(H,12,13). The van der Waals surface area contributed by atoms with Crippen molar-refractivity contribution >= 4 is 17.2 Å². The van der Waals surface area contributed by atoms with Gasteiger partial charge in [0.15, 0.2) is 0 Å². The Bertz CT molecular complexity index is 451. The molecule has 2 rings (SSSR count). The highest BCUT2D eigenvalue weighted by atomic mass is 32.1. The Hall–Kier alpha value is -1.42. The molecule has 2 aromatic rings. The van der Waals surface area contributed by atoms with Crippen LogP contribution in [0.25, 0.3) is 0 Å². The molecule has 1 N–H and O–H groups in total. The van der Waals surface area contributed by atoms with E-state index in [0.717, 1.165) is 28.8 Å². The zero-order valence-corrected chi connectivity index (χ0v) is 9.64. The van der Waals surface area contributed by atoms with E-state index >= 15 is 0 Å². The van der Waals surface area contributed by atoms with E-state index in [9.17, 15) is 0 Å². The molecular weight excluding hydrogens is 206 g/mol. The minimum Gasteiger partial charge on any atom is -0.364 e. The van der Waals surface area contributed by atoms with Crippen molar-refractivity contribution in [2.24, 2.45) is 0 Å². The SMILES string of the molecule is Cc1cccc(NCc2nc(C)cs2)n1. The molecule has 0 aliphatic heterocycles. The normalized spacial score (nSPS) is 10.3. The zero-order chi connectivity index (χ0) is 10.7. The summed E-state index contributed by atoms with van der Waals surface area (Å²) in [6.07, 6.45) is 0. The second-order valence-electron chi connectivity index (χ2n) is 3.40. The molecule has 0 aromatic carbocycles. The van der Waals surface area contributed by atoms with Gasteiger partial charge < -0.3 is 5.32 Å². The highest BCUT2D eigenvalue weighted by Gasteiger charge is 1.99. The van der Waals surface area contributed by atoms with Gasteiger partial charge in [0.1, 0.15) is 10.8 Å². The molecule has 0 fully saturated rings. The molecule has 0 aliphatic rings. The van der Waals surface area contributed by atoms with Crippen LogP contribution in [0.4, 0.5) is 5.82 Å². The largest absolute Gasteiger partial charge is 0.364 e. The summed E-state index contributed by atoms with van der Waals surface area (Å²) in [6.45, 7) is 4.73. The molecular formula is C11H13N3S. The molecule has 4 heteroatoms. The first kappa shape index (κ1) is 10.1. The number of aromatic nitrogens is 2. The second kappa shape index (κ2) is 4.40. The predicted octanol–water partition coefficient (Wildman–Crippen LogP) is 2.77. The van der Waals surface area contributed by atoms with Crippen molar-refractivity contribution in [3.8, 4) is 0 Å². The predicted molar refractivity (Wildman–Crippen MR) is 63.2 cm³/mol. The summed E-state index contributed by atoms with van der Waals surface area (Å²) in [5, 5.41) is 6.40. The summed E-state index contributed by atoms with van der Waals surface area (Å²) in [7, 11) is 0. The Morgan fingerprint density at radius 1 is 1.20 bits per heavy atom. The van der Waals surface area contributed by atoms with Gasteiger partial charge in [-0.3, -0.25) is 0 Å². The number of hydrogen-bond donors (Lipinski definition) is 1. The number of anilines is 1. The Labute approximate surface area is 93.2 Å². The number of thiazole rings is 1. The van der Waals surface area contributed by atoms with Crippen LogP contribution in [0.5, 0.6) is 0 Å². The van der Waals surface area contributed by atoms with Gasteiger partial charge in [-0.15, -0.1) is 11.3 Å². The third-order valence-electron chi connectivity index (χ3n) is 1.98. The minimum absolute atomic E-state index is 0.745. The van der Waals surface area contributed by atoms with Crippen LogP contribution >= 0.6 is 11.3 Å². The van der Waals surface area contributed by atoms with Crippen molar-refractivity contribution in [2.45, 2.75) is 20.4 Å². The fourth-order valence-corrected chi connectivity index (χ4v) is 2.00. The van der Waals surface area contributed by atoms with Crippen LogP contribution in [0, 0.1) is 13.8 Å². The van der Waals surface area contributed by atoms with Crippen LogP contribution in [-0.4, -0.2) is 9.97 Å². The maximum absolute atomic E-state index is 4.38. The van der Waals surface area contributed by atoms with E-state index in [4.69, 9.17) is 0 Å². The maximum atomic E-state index is 4.38. The average Bonchev–Trinajstić information content (AvgIpc) is 2.62. The van der Waals surface area contributed by atoms with Crippen LogP contribution in [0.2, 0.25) is 0 Å². The summed E-state index contributed by atoms with van der Waals surface area (Å²) in [6, 6.07) is 5.95. The zero-order valence-electron chi connectivity index (χ0n) is 8.82. The summed E-state index contributed by atoms with van der Waals surface area (Å²) in [4.78, 5) is 8.74. The number of nitrogens with one attached hydrogen (secondary N) is 1. The van der Waals surface area contributed by atoms with Gasteiger partial charge in [0.25, 0.3) is 0 Å². The summed E-state index contributed by atoms with van der Waals surface area (Å²) in [5.41, 5.74) is 2.10. The number of rotatable bonds is 3. The molecule has 0 saturated carbocycles. The van der Waals surface area contributed by atoms with Gasteiger partial charge in [0.05, 0.1) is 6.54 Å². The van der Waals surface area contributed by atoms with E-state index in [-0.39, 0.29) is 0 Å². The third-order valence-corrected chi connectivity index (χ3v) is 2.94. The summed E-state index contributed by atoms with van der Waals surface area (Å²) >= 11 is 1.67. The fourth-order valence-electron chi connectivity index (χ4n) is 1.29. The molecule has 0 unspecified atom stereocenters. The van der Waals surface area contributed by atoms with E-state index in [0.29, 0.717) is 0 Å². The van der Waals surface area contributed by atoms with Gasteiger partial charge in [-0.1, -0.05) is 6.07 Å². The lowest BCUT2D eigenvalue weighted by Gasteiger charge is -2.03. The lowest BCUT2D eigenvalue weighted by molar-refractivity contribution is 1.05. The molecule has 0 amide bonds. The monoisotopic (exact) mass is 219 g/mol. The van der Waals surface area contributed by atoms with E-state index in [1.807, 2.05) is 32.0 Å². The van der Waals surface area contributed by atoms with E-state index < -0.39 is 0 Å².